The molecule has 0 fully saturated rings. The molecule has 6 nitrogen and oxygen atoms in total. The minimum atomic E-state index is -1.52. The molecule has 0 heterocycles. The molecular weight excluding hydrogens is 315 g/mol. The Kier molecular flexibility index (Phi) is 5.49. The molecule has 24 heavy (non-hydrogen) atoms. The van der Waals surface area contributed by atoms with Gasteiger partial charge in [0.05, 0.1) is 6.04 Å². The van der Waals surface area contributed by atoms with Crippen LogP contribution in [0.1, 0.15) is 17.2 Å². The number of carbonyl (C=O) groups is 2. The van der Waals surface area contributed by atoms with Crippen molar-refractivity contribution in [1.29, 1.82) is 0 Å². The van der Waals surface area contributed by atoms with Gasteiger partial charge in [-0.1, -0.05) is 30.3 Å². The maximum absolute atomic E-state index is 13.8. The quantitative estimate of drug-likeness (QED) is 0.638. The molecule has 2 atom stereocenters. The van der Waals surface area contributed by atoms with E-state index in [1.807, 2.05) is 0 Å². The van der Waals surface area contributed by atoms with Crippen LogP contribution in [0, 0.1) is 5.82 Å². The fraction of sp³-hybridized carbons (Fsp3) is 0.176. The first-order valence-corrected chi connectivity index (χ1v) is 7.19. The van der Waals surface area contributed by atoms with Crippen molar-refractivity contribution in [3.05, 3.63) is 65.5 Å². The Hall–Kier alpha value is -2.93. The second-order valence-electron chi connectivity index (χ2n) is 5.28. The van der Waals surface area contributed by atoms with E-state index in [0.717, 1.165) is 6.07 Å². The van der Waals surface area contributed by atoms with Gasteiger partial charge >= 0.3 is 5.97 Å². The third kappa shape index (κ3) is 4.30. The molecule has 0 bridgehead atoms. The molecule has 126 valence electrons. The van der Waals surface area contributed by atoms with Crippen molar-refractivity contribution in [2.75, 3.05) is 0 Å². The second kappa shape index (κ2) is 7.56. The van der Waals surface area contributed by atoms with Gasteiger partial charge in [-0.15, -0.1) is 0 Å². The summed E-state index contributed by atoms with van der Waals surface area (Å²) in [4.78, 5) is 23.5. The number of phenols is 1. The lowest BCUT2D eigenvalue weighted by Crippen LogP contribution is -2.45. The third-order valence-corrected chi connectivity index (χ3v) is 3.48. The molecule has 2 aromatic rings. The molecule has 1 amide bonds. The van der Waals surface area contributed by atoms with E-state index in [9.17, 15) is 24.2 Å². The van der Waals surface area contributed by atoms with E-state index in [2.05, 4.69) is 5.32 Å². The van der Waals surface area contributed by atoms with Crippen molar-refractivity contribution in [3.63, 3.8) is 0 Å². The van der Waals surface area contributed by atoms with Gasteiger partial charge in [0, 0.05) is 5.56 Å². The SMILES string of the molecule is N[C@@H](Cc1ccc(O)cc1)C(=O)NC(C(=O)O)c1ccccc1F. The van der Waals surface area contributed by atoms with Crippen molar-refractivity contribution in [2.45, 2.75) is 18.5 Å². The summed E-state index contributed by atoms with van der Waals surface area (Å²) in [7, 11) is 0. The lowest BCUT2D eigenvalue weighted by molar-refractivity contribution is -0.142. The molecular formula is C17H17FN2O4. The van der Waals surface area contributed by atoms with Gasteiger partial charge in [0.15, 0.2) is 6.04 Å². The van der Waals surface area contributed by atoms with E-state index < -0.39 is 29.8 Å². The normalized spacial score (nSPS) is 13.1. The van der Waals surface area contributed by atoms with Crippen LogP contribution >= 0.6 is 0 Å². The average Bonchev–Trinajstić information content (AvgIpc) is 2.55. The maximum atomic E-state index is 13.8. The van der Waals surface area contributed by atoms with E-state index in [4.69, 9.17) is 5.73 Å². The zero-order chi connectivity index (χ0) is 17.7. The van der Waals surface area contributed by atoms with Gasteiger partial charge < -0.3 is 21.3 Å². The number of aliphatic carboxylic acids is 1. The number of nitrogens with one attached hydrogen (secondary N) is 1. The Morgan fingerprint density at radius 3 is 2.33 bits per heavy atom. The lowest BCUT2D eigenvalue weighted by atomic mass is 10.0. The van der Waals surface area contributed by atoms with Crippen molar-refractivity contribution in [1.82, 2.24) is 5.32 Å². The summed E-state index contributed by atoms with van der Waals surface area (Å²) in [5.74, 6) is -2.73. The molecule has 2 aromatic carbocycles. The molecule has 7 heteroatoms. The molecule has 0 radical (unpaired) electrons. The number of carboxylic acids is 1. The fourth-order valence-corrected chi connectivity index (χ4v) is 2.21. The summed E-state index contributed by atoms with van der Waals surface area (Å²) in [6.07, 6.45) is 0.149. The van der Waals surface area contributed by atoms with Gasteiger partial charge in [0.25, 0.3) is 0 Å². The van der Waals surface area contributed by atoms with Gasteiger partial charge in [-0.2, -0.15) is 0 Å². The van der Waals surface area contributed by atoms with Gasteiger partial charge in [0.2, 0.25) is 5.91 Å². The van der Waals surface area contributed by atoms with E-state index in [1.165, 1.54) is 30.3 Å². The first-order valence-electron chi connectivity index (χ1n) is 7.19. The number of carboxylic acid groups (broad SMARTS) is 1. The Bertz CT molecular complexity index is 734. The van der Waals surface area contributed by atoms with Crippen LogP contribution in [0.2, 0.25) is 0 Å². The van der Waals surface area contributed by atoms with Crippen LogP contribution < -0.4 is 11.1 Å². The van der Waals surface area contributed by atoms with Crippen LogP contribution in [0.5, 0.6) is 5.75 Å². The number of amides is 1. The van der Waals surface area contributed by atoms with Gasteiger partial charge in [0.1, 0.15) is 11.6 Å². The number of nitrogens with two attached hydrogens (primary N) is 1. The Morgan fingerprint density at radius 1 is 1.12 bits per heavy atom. The minimum absolute atomic E-state index is 0.0854. The molecule has 1 unspecified atom stereocenters. The number of benzene rings is 2. The van der Waals surface area contributed by atoms with E-state index in [1.54, 1.807) is 12.1 Å². The van der Waals surface area contributed by atoms with Crippen LogP contribution in [-0.4, -0.2) is 28.1 Å². The lowest BCUT2D eigenvalue weighted by Gasteiger charge is -2.18. The molecule has 0 aromatic heterocycles. The average molecular weight is 332 g/mol. The van der Waals surface area contributed by atoms with Crippen molar-refractivity contribution < 1.29 is 24.2 Å². The summed E-state index contributed by atoms with van der Waals surface area (Å²) < 4.78 is 13.8. The zero-order valence-corrected chi connectivity index (χ0v) is 12.6. The molecule has 5 N–H and O–H groups in total. The first kappa shape index (κ1) is 17.4. The number of halogens is 1. The zero-order valence-electron chi connectivity index (χ0n) is 12.6. The largest absolute Gasteiger partial charge is 0.508 e. The molecule has 0 aliphatic rings. The summed E-state index contributed by atoms with van der Waals surface area (Å²) in [5, 5.41) is 20.7. The predicted octanol–water partition coefficient (Wildman–Crippen LogP) is 1.34. The van der Waals surface area contributed by atoms with Gasteiger partial charge in [-0.25, -0.2) is 9.18 Å². The Labute approximate surface area is 137 Å². The molecule has 0 saturated heterocycles. The van der Waals surface area contributed by atoms with Crippen LogP contribution in [0.4, 0.5) is 4.39 Å². The molecule has 0 saturated carbocycles. The maximum Gasteiger partial charge on any atom is 0.331 e. The molecule has 0 aliphatic heterocycles. The third-order valence-electron chi connectivity index (χ3n) is 3.48. The second-order valence-corrected chi connectivity index (χ2v) is 5.28. The summed E-state index contributed by atoms with van der Waals surface area (Å²) >= 11 is 0. The van der Waals surface area contributed by atoms with E-state index in [-0.39, 0.29) is 17.7 Å². The van der Waals surface area contributed by atoms with Crippen LogP contribution in [0.15, 0.2) is 48.5 Å². The van der Waals surface area contributed by atoms with E-state index >= 15 is 0 Å². The number of rotatable bonds is 6. The van der Waals surface area contributed by atoms with E-state index in [0.29, 0.717) is 5.56 Å². The number of phenolic OH excluding ortho intramolecular Hbond substituents is 1. The topological polar surface area (TPSA) is 113 Å². The molecule has 0 spiro atoms. The van der Waals surface area contributed by atoms with Crippen molar-refractivity contribution in [2.24, 2.45) is 5.73 Å². The minimum Gasteiger partial charge on any atom is -0.508 e. The summed E-state index contributed by atoms with van der Waals surface area (Å²) in [6, 6.07) is 8.91. The van der Waals surface area contributed by atoms with Crippen LogP contribution in [-0.2, 0) is 16.0 Å². The van der Waals surface area contributed by atoms with Crippen molar-refractivity contribution in [3.8, 4) is 5.75 Å². The number of carbonyl (C=O) groups excluding carboxylic acids is 1. The highest BCUT2D eigenvalue weighted by molar-refractivity contribution is 5.87. The number of hydrogen-bond donors (Lipinski definition) is 4. The summed E-state index contributed by atoms with van der Waals surface area (Å²) in [5.41, 5.74) is 6.35. The van der Waals surface area contributed by atoms with Crippen LogP contribution in [0.3, 0.4) is 0 Å². The van der Waals surface area contributed by atoms with Crippen LogP contribution in [0.25, 0.3) is 0 Å². The van der Waals surface area contributed by atoms with Gasteiger partial charge in [-0.3, -0.25) is 4.79 Å². The summed E-state index contributed by atoms with van der Waals surface area (Å²) in [6.45, 7) is 0. The standard InChI is InChI=1S/C17H17FN2O4/c18-13-4-2-1-3-12(13)15(17(23)24)20-16(22)14(19)9-10-5-7-11(21)8-6-10/h1-8,14-15,21H,9,19H2,(H,20,22)(H,23,24)/t14-,15?/m0/s1. The highest BCUT2D eigenvalue weighted by atomic mass is 19.1. The van der Waals surface area contributed by atoms with Crippen molar-refractivity contribution >= 4 is 11.9 Å². The molecule has 2 rings (SSSR count). The Balaban J connectivity index is 2.09. The monoisotopic (exact) mass is 332 g/mol. The Morgan fingerprint density at radius 2 is 1.75 bits per heavy atom. The number of aromatic hydroxyl groups is 1. The predicted molar refractivity (Wildman–Crippen MR) is 84.7 cm³/mol. The van der Waals surface area contributed by atoms with Gasteiger partial charge in [-0.05, 0) is 30.2 Å². The number of hydrogen-bond acceptors (Lipinski definition) is 4. The molecule has 0 aliphatic carbocycles. The first-order chi connectivity index (χ1) is 11.4. The smallest absolute Gasteiger partial charge is 0.331 e. The highest BCUT2D eigenvalue weighted by Gasteiger charge is 2.27. The highest BCUT2D eigenvalue weighted by Crippen LogP contribution is 2.17. The fourth-order valence-electron chi connectivity index (χ4n) is 2.21.